The van der Waals surface area contributed by atoms with E-state index in [-0.39, 0.29) is 0 Å². The molecule has 0 aliphatic heterocycles. The third-order valence-electron chi connectivity index (χ3n) is 4.75. The van der Waals surface area contributed by atoms with Crippen LogP contribution in [0.2, 0.25) is 0 Å². The molecule has 1 aliphatic carbocycles. The van der Waals surface area contributed by atoms with Crippen LogP contribution >= 0.6 is 0 Å². The van der Waals surface area contributed by atoms with Crippen molar-refractivity contribution in [2.24, 2.45) is 0 Å². The molecular formula is C18H23N. The number of hydrogen-bond donors (Lipinski definition) is 1. The Bertz CT molecular complexity index is 554. The minimum atomic E-state index is 0.473. The molecule has 0 heterocycles. The summed E-state index contributed by atoms with van der Waals surface area (Å²) in [6.07, 6.45) is 6.74. The SMILES string of the molecule is CNCCCC1(c2ccc3ccccc3c2)CCC1. The average molecular weight is 253 g/mol. The molecule has 19 heavy (non-hydrogen) atoms. The van der Waals surface area contributed by atoms with Gasteiger partial charge in [-0.2, -0.15) is 0 Å². The Labute approximate surface area is 116 Å². The number of hydrogen-bond acceptors (Lipinski definition) is 1. The zero-order valence-corrected chi connectivity index (χ0v) is 11.8. The molecule has 100 valence electrons. The molecule has 1 nitrogen and oxygen atoms in total. The van der Waals surface area contributed by atoms with Crippen molar-refractivity contribution in [2.45, 2.75) is 37.5 Å². The second-order valence-electron chi connectivity index (χ2n) is 5.90. The van der Waals surface area contributed by atoms with E-state index in [2.05, 4.69) is 47.8 Å². The van der Waals surface area contributed by atoms with Gasteiger partial charge < -0.3 is 5.32 Å². The average Bonchev–Trinajstić information content (AvgIpc) is 2.41. The van der Waals surface area contributed by atoms with Crippen molar-refractivity contribution >= 4 is 10.8 Å². The Balaban J connectivity index is 1.88. The summed E-state index contributed by atoms with van der Waals surface area (Å²) in [5.41, 5.74) is 2.04. The molecule has 0 radical (unpaired) electrons. The van der Waals surface area contributed by atoms with Crippen molar-refractivity contribution in [3.05, 3.63) is 48.0 Å². The smallest absolute Gasteiger partial charge is 0.00463 e. The van der Waals surface area contributed by atoms with Crippen molar-refractivity contribution in [3.8, 4) is 0 Å². The third kappa shape index (κ3) is 2.40. The maximum atomic E-state index is 3.27. The standard InChI is InChI=1S/C18H23N/c1-19-13-5-12-18(10-4-11-18)17-9-8-15-6-2-3-7-16(15)14-17/h2-3,6-9,14,19H,4-5,10-13H2,1H3. The lowest BCUT2D eigenvalue weighted by Crippen LogP contribution is -2.34. The molecule has 2 aromatic rings. The van der Waals surface area contributed by atoms with Gasteiger partial charge in [-0.05, 0) is 61.0 Å². The zero-order valence-electron chi connectivity index (χ0n) is 11.8. The second-order valence-corrected chi connectivity index (χ2v) is 5.90. The molecular weight excluding hydrogens is 230 g/mol. The Kier molecular flexibility index (Phi) is 3.56. The van der Waals surface area contributed by atoms with Crippen LogP contribution in [0.1, 0.15) is 37.7 Å². The lowest BCUT2D eigenvalue weighted by Gasteiger charge is -2.43. The highest BCUT2D eigenvalue weighted by Crippen LogP contribution is 2.47. The molecule has 3 rings (SSSR count). The third-order valence-corrected chi connectivity index (χ3v) is 4.75. The van der Waals surface area contributed by atoms with E-state index in [1.807, 2.05) is 7.05 Å². The molecule has 0 unspecified atom stereocenters. The van der Waals surface area contributed by atoms with Gasteiger partial charge in [-0.1, -0.05) is 48.9 Å². The van der Waals surface area contributed by atoms with E-state index in [1.54, 1.807) is 5.56 Å². The van der Waals surface area contributed by atoms with Crippen LogP contribution in [-0.4, -0.2) is 13.6 Å². The van der Waals surface area contributed by atoms with Crippen LogP contribution in [0, 0.1) is 0 Å². The lowest BCUT2D eigenvalue weighted by molar-refractivity contribution is 0.221. The highest BCUT2D eigenvalue weighted by atomic mass is 14.8. The number of nitrogens with one attached hydrogen (secondary N) is 1. The van der Waals surface area contributed by atoms with E-state index >= 15 is 0 Å². The Morgan fingerprint density at radius 2 is 1.84 bits per heavy atom. The summed E-state index contributed by atoms with van der Waals surface area (Å²) in [4.78, 5) is 0. The normalized spacial score (nSPS) is 17.3. The lowest BCUT2D eigenvalue weighted by atomic mass is 9.62. The first-order chi connectivity index (χ1) is 9.34. The Hall–Kier alpha value is -1.34. The molecule has 2 aromatic carbocycles. The number of benzene rings is 2. The monoisotopic (exact) mass is 253 g/mol. The van der Waals surface area contributed by atoms with Crippen molar-refractivity contribution in [3.63, 3.8) is 0 Å². The Morgan fingerprint density at radius 1 is 1.05 bits per heavy atom. The summed E-state index contributed by atoms with van der Waals surface area (Å²) in [5, 5.41) is 6.02. The van der Waals surface area contributed by atoms with E-state index in [4.69, 9.17) is 0 Å². The quantitative estimate of drug-likeness (QED) is 0.785. The van der Waals surface area contributed by atoms with Crippen LogP contribution in [-0.2, 0) is 5.41 Å². The van der Waals surface area contributed by atoms with Gasteiger partial charge in [-0.15, -0.1) is 0 Å². The molecule has 0 bridgehead atoms. The van der Waals surface area contributed by atoms with Crippen LogP contribution in [0.25, 0.3) is 10.8 Å². The summed E-state index contributed by atoms with van der Waals surface area (Å²) < 4.78 is 0. The van der Waals surface area contributed by atoms with Crippen molar-refractivity contribution in [2.75, 3.05) is 13.6 Å². The molecule has 1 saturated carbocycles. The predicted molar refractivity (Wildman–Crippen MR) is 82.6 cm³/mol. The summed E-state index contributed by atoms with van der Waals surface area (Å²) in [6, 6.07) is 15.8. The fraction of sp³-hybridized carbons (Fsp3) is 0.444. The summed E-state index contributed by atoms with van der Waals surface area (Å²) >= 11 is 0. The highest BCUT2D eigenvalue weighted by molar-refractivity contribution is 5.83. The van der Waals surface area contributed by atoms with E-state index in [0.717, 1.165) is 6.54 Å². The Morgan fingerprint density at radius 3 is 2.53 bits per heavy atom. The van der Waals surface area contributed by atoms with Crippen LogP contribution in [0.5, 0.6) is 0 Å². The molecule has 0 amide bonds. The van der Waals surface area contributed by atoms with Crippen LogP contribution in [0.3, 0.4) is 0 Å². The zero-order chi connectivity index (χ0) is 13.1. The van der Waals surface area contributed by atoms with Crippen molar-refractivity contribution in [1.29, 1.82) is 0 Å². The first-order valence-corrected chi connectivity index (χ1v) is 7.48. The van der Waals surface area contributed by atoms with E-state index in [1.165, 1.54) is 42.9 Å². The summed E-state index contributed by atoms with van der Waals surface area (Å²) in [6.45, 7) is 1.13. The van der Waals surface area contributed by atoms with Gasteiger partial charge >= 0.3 is 0 Å². The van der Waals surface area contributed by atoms with Gasteiger partial charge in [0.05, 0.1) is 0 Å². The number of rotatable bonds is 5. The van der Waals surface area contributed by atoms with Gasteiger partial charge in [0.15, 0.2) is 0 Å². The topological polar surface area (TPSA) is 12.0 Å². The summed E-state index contributed by atoms with van der Waals surface area (Å²) in [5.74, 6) is 0. The van der Waals surface area contributed by atoms with Crippen LogP contribution < -0.4 is 5.32 Å². The second kappa shape index (κ2) is 5.34. The molecule has 1 fully saturated rings. The van der Waals surface area contributed by atoms with Gasteiger partial charge in [0, 0.05) is 0 Å². The van der Waals surface area contributed by atoms with Crippen molar-refractivity contribution < 1.29 is 0 Å². The van der Waals surface area contributed by atoms with Crippen LogP contribution in [0.15, 0.2) is 42.5 Å². The maximum absolute atomic E-state index is 3.27. The van der Waals surface area contributed by atoms with Crippen molar-refractivity contribution in [1.82, 2.24) is 5.32 Å². The van der Waals surface area contributed by atoms with Gasteiger partial charge in [0.2, 0.25) is 0 Å². The molecule has 0 aromatic heterocycles. The van der Waals surface area contributed by atoms with Crippen LogP contribution in [0.4, 0.5) is 0 Å². The summed E-state index contributed by atoms with van der Waals surface area (Å²) in [7, 11) is 2.05. The first-order valence-electron chi connectivity index (χ1n) is 7.48. The molecule has 1 N–H and O–H groups in total. The van der Waals surface area contributed by atoms with E-state index in [9.17, 15) is 0 Å². The molecule has 0 spiro atoms. The minimum Gasteiger partial charge on any atom is -0.320 e. The molecule has 1 heteroatoms. The van der Waals surface area contributed by atoms with E-state index < -0.39 is 0 Å². The fourth-order valence-electron chi connectivity index (χ4n) is 3.41. The van der Waals surface area contributed by atoms with Gasteiger partial charge in [0.25, 0.3) is 0 Å². The van der Waals surface area contributed by atoms with Gasteiger partial charge in [-0.25, -0.2) is 0 Å². The highest BCUT2D eigenvalue weighted by Gasteiger charge is 2.37. The van der Waals surface area contributed by atoms with Gasteiger partial charge in [-0.3, -0.25) is 0 Å². The van der Waals surface area contributed by atoms with E-state index in [0.29, 0.717) is 5.41 Å². The first kappa shape index (κ1) is 12.7. The molecule has 0 saturated heterocycles. The molecule has 0 atom stereocenters. The minimum absolute atomic E-state index is 0.473. The largest absolute Gasteiger partial charge is 0.320 e. The molecule has 1 aliphatic rings. The maximum Gasteiger partial charge on any atom is -0.00463 e. The fourth-order valence-corrected chi connectivity index (χ4v) is 3.41. The van der Waals surface area contributed by atoms with Gasteiger partial charge in [0.1, 0.15) is 0 Å². The number of fused-ring (bicyclic) bond motifs is 1. The predicted octanol–water partition coefficient (Wildman–Crippen LogP) is 4.26.